The fourth-order valence-corrected chi connectivity index (χ4v) is 2.79. The van der Waals surface area contributed by atoms with Crippen molar-refractivity contribution < 1.29 is 4.79 Å². The van der Waals surface area contributed by atoms with E-state index in [-0.39, 0.29) is 5.91 Å². The molecule has 3 nitrogen and oxygen atoms in total. The van der Waals surface area contributed by atoms with Crippen molar-refractivity contribution in [2.45, 2.75) is 64.5 Å². The largest absolute Gasteiger partial charge is 0.352 e. The van der Waals surface area contributed by atoms with Gasteiger partial charge < -0.3 is 10.6 Å². The molecule has 1 amide bonds. The fourth-order valence-electron chi connectivity index (χ4n) is 2.79. The van der Waals surface area contributed by atoms with E-state index in [0.717, 1.165) is 13.0 Å². The van der Waals surface area contributed by atoms with Crippen molar-refractivity contribution in [2.75, 3.05) is 6.54 Å². The lowest BCUT2D eigenvalue weighted by atomic mass is 10.0. The molecule has 1 unspecified atom stereocenters. The van der Waals surface area contributed by atoms with Crippen molar-refractivity contribution in [3.63, 3.8) is 0 Å². The van der Waals surface area contributed by atoms with Gasteiger partial charge in [-0.05, 0) is 42.9 Å². The van der Waals surface area contributed by atoms with E-state index in [0.29, 0.717) is 24.9 Å². The van der Waals surface area contributed by atoms with Gasteiger partial charge in [-0.1, -0.05) is 44.5 Å². The summed E-state index contributed by atoms with van der Waals surface area (Å²) in [6, 6.07) is 9.06. The van der Waals surface area contributed by atoms with Crippen LogP contribution in [0.25, 0.3) is 0 Å². The van der Waals surface area contributed by atoms with Crippen molar-refractivity contribution in [3.05, 3.63) is 35.4 Å². The molecule has 1 atom stereocenters. The molecule has 1 aromatic carbocycles. The zero-order valence-corrected chi connectivity index (χ0v) is 13.3. The van der Waals surface area contributed by atoms with E-state index in [2.05, 4.69) is 48.7 Å². The molecule has 0 aromatic heterocycles. The van der Waals surface area contributed by atoms with Gasteiger partial charge in [-0.3, -0.25) is 4.79 Å². The molecule has 1 fully saturated rings. The lowest BCUT2D eigenvalue weighted by Crippen LogP contribution is -2.35. The number of hydrogen-bond acceptors (Lipinski definition) is 2. The smallest absolute Gasteiger partial charge is 0.220 e. The molecule has 1 heterocycles. The van der Waals surface area contributed by atoms with E-state index in [1.165, 1.54) is 30.4 Å². The number of amides is 1. The summed E-state index contributed by atoms with van der Waals surface area (Å²) in [5, 5.41) is 6.51. The van der Waals surface area contributed by atoms with Crippen LogP contribution in [0.2, 0.25) is 0 Å². The van der Waals surface area contributed by atoms with E-state index >= 15 is 0 Å². The number of carbonyl (C=O) groups excluding carboxylic acids is 1. The highest BCUT2D eigenvalue weighted by molar-refractivity contribution is 5.75. The highest BCUT2D eigenvalue weighted by atomic mass is 16.1. The molecule has 2 N–H and O–H groups in total. The average molecular weight is 288 g/mol. The van der Waals surface area contributed by atoms with Gasteiger partial charge in [0.1, 0.15) is 0 Å². The number of nitrogens with one attached hydrogen (secondary N) is 2. The summed E-state index contributed by atoms with van der Waals surface area (Å²) >= 11 is 0. The molecule has 1 aliphatic heterocycles. The summed E-state index contributed by atoms with van der Waals surface area (Å²) in [6.45, 7) is 6.12. The molecule has 0 spiro atoms. The van der Waals surface area contributed by atoms with Gasteiger partial charge in [-0.15, -0.1) is 0 Å². The fraction of sp³-hybridized carbons (Fsp3) is 0.611. The number of benzene rings is 1. The first-order valence-corrected chi connectivity index (χ1v) is 8.24. The molecule has 21 heavy (non-hydrogen) atoms. The van der Waals surface area contributed by atoms with Crippen molar-refractivity contribution >= 4 is 5.91 Å². The summed E-state index contributed by atoms with van der Waals surface area (Å²) < 4.78 is 0. The Morgan fingerprint density at radius 1 is 1.29 bits per heavy atom. The van der Waals surface area contributed by atoms with Crippen LogP contribution in [-0.2, 0) is 11.3 Å². The van der Waals surface area contributed by atoms with Crippen LogP contribution in [0.3, 0.4) is 0 Å². The third-order valence-electron chi connectivity index (χ3n) is 4.27. The highest BCUT2D eigenvalue weighted by Crippen LogP contribution is 2.15. The van der Waals surface area contributed by atoms with E-state index in [1.807, 2.05) is 0 Å². The Labute approximate surface area is 128 Å². The molecule has 0 aliphatic carbocycles. The normalized spacial score (nSPS) is 18.7. The van der Waals surface area contributed by atoms with Crippen LogP contribution in [0.1, 0.15) is 63.0 Å². The Bertz CT molecular complexity index is 433. The van der Waals surface area contributed by atoms with Crippen molar-refractivity contribution in [1.29, 1.82) is 0 Å². The summed E-state index contributed by atoms with van der Waals surface area (Å²) in [4.78, 5) is 11.9. The SMILES string of the molecule is CC(C)c1ccc(CNC(=O)CCC2CCCCN2)cc1. The van der Waals surface area contributed by atoms with Gasteiger partial charge in [0.25, 0.3) is 0 Å². The second kappa shape index (κ2) is 8.18. The Hall–Kier alpha value is -1.35. The lowest BCUT2D eigenvalue weighted by Gasteiger charge is -2.23. The maximum Gasteiger partial charge on any atom is 0.220 e. The van der Waals surface area contributed by atoms with Gasteiger partial charge in [0, 0.05) is 19.0 Å². The molecule has 0 radical (unpaired) electrons. The first-order valence-electron chi connectivity index (χ1n) is 8.24. The number of rotatable bonds is 6. The van der Waals surface area contributed by atoms with Crippen molar-refractivity contribution in [3.8, 4) is 0 Å². The van der Waals surface area contributed by atoms with Crippen LogP contribution in [0.5, 0.6) is 0 Å². The quantitative estimate of drug-likeness (QED) is 0.843. The number of hydrogen-bond donors (Lipinski definition) is 2. The maximum absolute atomic E-state index is 11.9. The number of carbonyl (C=O) groups is 1. The first-order chi connectivity index (χ1) is 10.1. The lowest BCUT2D eigenvalue weighted by molar-refractivity contribution is -0.121. The molecule has 3 heteroatoms. The topological polar surface area (TPSA) is 41.1 Å². The Morgan fingerprint density at radius 2 is 2.05 bits per heavy atom. The third-order valence-corrected chi connectivity index (χ3v) is 4.27. The van der Waals surface area contributed by atoms with Crippen molar-refractivity contribution in [1.82, 2.24) is 10.6 Å². The molecular formula is C18H28N2O. The van der Waals surface area contributed by atoms with E-state index in [4.69, 9.17) is 0 Å². The molecular weight excluding hydrogens is 260 g/mol. The van der Waals surface area contributed by atoms with E-state index < -0.39 is 0 Å². The zero-order chi connectivity index (χ0) is 15.1. The minimum absolute atomic E-state index is 0.162. The molecule has 1 aliphatic rings. The Balaban J connectivity index is 1.68. The van der Waals surface area contributed by atoms with Crippen LogP contribution in [0, 0.1) is 0 Å². The van der Waals surface area contributed by atoms with Crippen LogP contribution < -0.4 is 10.6 Å². The maximum atomic E-state index is 11.9. The summed E-state index contributed by atoms with van der Waals surface area (Å²) in [6.07, 6.45) is 5.36. The minimum atomic E-state index is 0.162. The van der Waals surface area contributed by atoms with Crippen LogP contribution in [-0.4, -0.2) is 18.5 Å². The predicted molar refractivity (Wildman–Crippen MR) is 87.3 cm³/mol. The first kappa shape index (κ1) is 16.0. The van der Waals surface area contributed by atoms with Crippen molar-refractivity contribution in [2.24, 2.45) is 0 Å². The van der Waals surface area contributed by atoms with Gasteiger partial charge in [-0.25, -0.2) is 0 Å². The summed E-state index contributed by atoms with van der Waals surface area (Å²) in [5.74, 6) is 0.715. The van der Waals surface area contributed by atoms with Gasteiger partial charge in [-0.2, -0.15) is 0 Å². The summed E-state index contributed by atoms with van der Waals surface area (Å²) in [5.41, 5.74) is 2.51. The minimum Gasteiger partial charge on any atom is -0.352 e. The Morgan fingerprint density at radius 3 is 2.67 bits per heavy atom. The molecule has 2 rings (SSSR count). The van der Waals surface area contributed by atoms with Gasteiger partial charge in [0.15, 0.2) is 0 Å². The molecule has 1 saturated heterocycles. The van der Waals surface area contributed by atoms with Crippen LogP contribution in [0.15, 0.2) is 24.3 Å². The second-order valence-corrected chi connectivity index (χ2v) is 6.36. The van der Waals surface area contributed by atoms with E-state index in [9.17, 15) is 4.79 Å². The standard InChI is InChI=1S/C18H28N2O/c1-14(2)16-8-6-15(7-9-16)13-20-18(21)11-10-17-5-3-4-12-19-17/h6-9,14,17,19H,3-5,10-13H2,1-2H3,(H,20,21). The highest BCUT2D eigenvalue weighted by Gasteiger charge is 2.13. The average Bonchev–Trinajstić information content (AvgIpc) is 2.52. The van der Waals surface area contributed by atoms with Gasteiger partial charge in [0.2, 0.25) is 5.91 Å². The van der Waals surface area contributed by atoms with Crippen LogP contribution >= 0.6 is 0 Å². The molecule has 0 bridgehead atoms. The molecule has 116 valence electrons. The van der Waals surface area contributed by atoms with Gasteiger partial charge >= 0.3 is 0 Å². The van der Waals surface area contributed by atoms with Crippen LogP contribution in [0.4, 0.5) is 0 Å². The third kappa shape index (κ3) is 5.50. The predicted octanol–water partition coefficient (Wildman–Crippen LogP) is 3.35. The second-order valence-electron chi connectivity index (χ2n) is 6.36. The Kier molecular flexibility index (Phi) is 6.24. The monoisotopic (exact) mass is 288 g/mol. The molecule has 0 saturated carbocycles. The number of piperidine rings is 1. The van der Waals surface area contributed by atoms with E-state index in [1.54, 1.807) is 0 Å². The summed E-state index contributed by atoms with van der Waals surface area (Å²) in [7, 11) is 0. The zero-order valence-electron chi connectivity index (χ0n) is 13.3. The van der Waals surface area contributed by atoms with Gasteiger partial charge in [0.05, 0.1) is 0 Å². The molecule has 1 aromatic rings.